The lowest BCUT2D eigenvalue weighted by Crippen LogP contribution is -2.42. The molecule has 0 unspecified atom stereocenters. The molecule has 2 amide bonds. The van der Waals surface area contributed by atoms with Crippen LogP contribution in [0.2, 0.25) is 5.02 Å². The van der Waals surface area contributed by atoms with Gasteiger partial charge in [0.15, 0.2) is 4.96 Å². The number of aromatic nitrogens is 2. The Bertz CT molecular complexity index is 1060. The molecule has 1 N–H and O–H groups in total. The Balaban J connectivity index is 1.53. The Hall–Kier alpha value is -2.38. The molecule has 2 saturated heterocycles. The van der Waals surface area contributed by atoms with Crippen molar-refractivity contribution in [2.24, 2.45) is 0 Å². The summed E-state index contributed by atoms with van der Waals surface area (Å²) in [6.07, 6.45) is 4.05. The second-order valence-corrected chi connectivity index (χ2v) is 8.23. The van der Waals surface area contributed by atoms with Crippen LogP contribution in [0.25, 0.3) is 16.2 Å². The van der Waals surface area contributed by atoms with Gasteiger partial charge in [-0.25, -0.2) is 4.98 Å². The number of halogens is 1. The third-order valence-corrected chi connectivity index (χ3v) is 6.56. The summed E-state index contributed by atoms with van der Waals surface area (Å²) in [4.78, 5) is 32.5. The summed E-state index contributed by atoms with van der Waals surface area (Å²) in [5.41, 5.74) is 2.18. The summed E-state index contributed by atoms with van der Waals surface area (Å²) in [5.74, 6) is -0.00698. The van der Waals surface area contributed by atoms with Crippen LogP contribution in [0.1, 0.15) is 29.8 Å². The van der Waals surface area contributed by atoms with Gasteiger partial charge in [0.1, 0.15) is 5.69 Å². The van der Waals surface area contributed by atoms with Gasteiger partial charge in [0.25, 0.3) is 5.91 Å². The van der Waals surface area contributed by atoms with Crippen LogP contribution in [0.15, 0.2) is 35.8 Å². The lowest BCUT2D eigenvalue weighted by molar-refractivity contribution is -0.121. The van der Waals surface area contributed by atoms with Gasteiger partial charge in [-0.2, -0.15) is 0 Å². The molecule has 2 aliphatic rings. The minimum Gasteiger partial charge on any atom is -0.354 e. The SMILES string of the molecule is O=C1C[C@@H]2CC[C@H](CN1)N2C(=O)c1csc2nc(-c3ccccc3Cl)cn12. The molecule has 8 heteroatoms. The number of rotatable bonds is 2. The summed E-state index contributed by atoms with van der Waals surface area (Å²) in [6, 6.07) is 7.59. The maximum Gasteiger partial charge on any atom is 0.272 e. The van der Waals surface area contributed by atoms with Crippen LogP contribution < -0.4 is 5.32 Å². The Morgan fingerprint density at radius 2 is 2.07 bits per heavy atom. The molecule has 2 aliphatic heterocycles. The van der Waals surface area contributed by atoms with E-state index in [1.54, 1.807) is 0 Å². The molecule has 0 spiro atoms. The number of benzene rings is 1. The fraction of sp³-hybridized carbons (Fsp3) is 0.316. The van der Waals surface area contributed by atoms with E-state index in [1.165, 1.54) is 11.3 Å². The van der Waals surface area contributed by atoms with Crippen molar-refractivity contribution < 1.29 is 9.59 Å². The van der Waals surface area contributed by atoms with E-state index in [1.807, 2.05) is 45.1 Å². The highest BCUT2D eigenvalue weighted by molar-refractivity contribution is 7.15. The number of amides is 2. The molecule has 4 heterocycles. The molecular formula is C19H17ClN4O2S. The maximum atomic E-state index is 13.3. The molecule has 2 bridgehead atoms. The molecule has 1 aromatic carbocycles. The number of fused-ring (bicyclic) bond motifs is 3. The van der Waals surface area contributed by atoms with Crippen molar-refractivity contribution in [3.63, 3.8) is 0 Å². The Morgan fingerprint density at radius 3 is 2.93 bits per heavy atom. The van der Waals surface area contributed by atoms with Gasteiger partial charge in [0.2, 0.25) is 5.91 Å². The van der Waals surface area contributed by atoms with Crippen LogP contribution in [0.3, 0.4) is 0 Å². The number of hydrogen-bond donors (Lipinski definition) is 1. The first-order valence-corrected chi connectivity index (χ1v) is 10.2. The highest BCUT2D eigenvalue weighted by Crippen LogP contribution is 2.32. The molecule has 138 valence electrons. The van der Waals surface area contributed by atoms with Gasteiger partial charge >= 0.3 is 0 Å². The summed E-state index contributed by atoms with van der Waals surface area (Å²) in [7, 11) is 0. The van der Waals surface area contributed by atoms with Crippen molar-refractivity contribution in [3.8, 4) is 11.3 Å². The number of carbonyl (C=O) groups excluding carboxylic acids is 2. The van der Waals surface area contributed by atoms with Gasteiger partial charge in [0, 0.05) is 42.2 Å². The van der Waals surface area contributed by atoms with Crippen molar-refractivity contribution in [2.75, 3.05) is 6.54 Å². The van der Waals surface area contributed by atoms with Crippen molar-refractivity contribution in [3.05, 3.63) is 46.6 Å². The number of imidazole rings is 1. The predicted octanol–water partition coefficient (Wildman–Crippen LogP) is 3.21. The van der Waals surface area contributed by atoms with E-state index >= 15 is 0 Å². The molecule has 2 fully saturated rings. The molecule has 5 rings (SSSR count). The highest BCUT2D eigenvalue weighted by Gasteiger charge is 2.41. The number of thiazole rings is 1. The predicted molar refractivity (Wildman–Crippen MR) is 104 cm³/mol. The molecule has 0 saturated carbocycles. The molecule has 27 heavy (non-hydrogen) atoms. The first-order chi connectivity index (χ1) is 13.1. The lowest BCUT2D eigenvalue weighted by atomic mass is 10.1. The van der Waals surface area contributed by atoms with Crippen molar-refractivity contribution >= 4 is 39.7 Å². The largest absolute Gasteiger partial charge is 0.354 e. The summed E-state index contributed by atoms with van der Waals surface area (Å²) in [6.45, 7) is 0.531. The van der Waals surface area contributed by atoms with Gasteiger partial charge < -0.3 is 10.2 Å². The van der Waals surface area contributed by atoms with E-state index < -0.39 is 0 Å². The van der Waals surface area contributed by atoms with Crippen LogP contribution in [0.4, 0.5) is 0 Å². The van der Waals surface area contributed by atoms with E-state index in [0.29, 0.717) is 23.7 Å². The van der Waals surface area contributed by atoms with Crippen LogP contribution >= 0.6 is 22.9 Å². The number of hydrogen-bond acceptors (Lipinski definition) is 4. The second kappa shape index (κ2) is 6.35. The Morgan fingerprint density at radius 1 is 1.26 bits per heavy atom. The quantitative estimate of drug-likeness (QED) is 0.718. The Labute approximate surface area is 164 Å². The molecule has 2 aromatic heterocycles. The average Bonchev–Trinajstić information content (AvgIpc) is 3.30. The zero-order valence-electron chi connectivity index (χ0n) is 14.4. The zero-order valence-corrected chi connectivity index (χ0v) is 16.0. The molecule has 0 aliphatic carbocycles. The molecule has 0 radical (unpaired) electrons. The van der Waals surface area contributed by atoms with E-state index in [9.17, 15) is 9.59 Å². The fourth-order valence-corrected chi connectivity index (χ4v) is 5.16. The first-order valence-electron chi connectivity index (χ1n) is 8.92. The van der Waals surface area contributed by atoms with Crippen LogP contribution in [-0.4, -0.2) is 44.7 Å². The Kier molecular flexibility index (Phi) is 3.94. The molecule has 2 atom stereocenters. The van der Waals surface area contributed by atoms with E-state index in [2.05, 4.69) is 10.3 Å². The number of nitrogens with zero attached hydrogens (tertiary/aromatic N) is 3. The van der Waals surface area contributed by atoms with Gasteiger partial charge in [-0.05, 0) is 18.9 Å². The van der Waals surface area contributed by atoms with Gasteiger partial charge in [0.05, 0.1) is 10.7 Å². The lowest BCUT2D eigenvalue weighted by Gasteiger charge is -2.27. The van der Waals surface area contributed by atoms with Gasteiger partial charge in [-0.15, -0.1) is 11.3 Å². The standard InChI is InChI=1S/C19H17ClN4O2S/c20-14-4-2-1-3-13(14)15-9-23-16(10-27-19(23)22-15)18(26)24-11-5-6-12(24)8-21-17(25)7-11/h1-4,9-12H,5-8H2,(H,21,25)/t11-,12+/m0/s1. The minimum absolute atomic E-state index is 0.0218. The monoisotopic (exact) mass is 400 g/mol. The number of carbonyl (C=O) groups is 2. The third kappa shape index (κ3) is 2.73. The molecule has 3 aromatic rings. The topological polar surface area (TPSA) is 66.7 Å². The fourth-order valence-electron chi connectivity index (χ4n) is 4.08. The van der Waals surface area contributed by atoms with E-state index in [4.69, 9.17) is 11.6 Å². The summed E-state index contributed by atoms with van der Waals surface area (Å²) < 4.78 is 1.84. The zero-order chi connectivity index (χ0) is 18.5. The maximum absolute atomic E-state index is 13.3. The second-order valence-electron chi connectivity index (χ2n) is 6.99. The third-order valence-electron chi connectivity index (χ3n) is 5.39. The molecule has 6 nitrogen and oxygen atoms in total. The normalized spacial score (nSPS) is 22.1. The van der Waals surface area contributed by atoms with Crippen molar-refractivity contribution in [1.29, 1.82) is 0 Å². The van der Waals surface area contributed by atoms with Crippen LogP contribution in [0.5, 0.6) is 0 Å². The smallest absolute Gasteiger partial charge is 0.272 e. The van der Waals surface area contributed by atoms with Crippen molar-refractivity contribution in [1.82, 2.24) is 19.6 Å². The number of nitrogens with one attached hydrogen (secondary N) is 1. The van der Waals surface area contributed by atoms with Gasteiger partial charge in [-0.1, -0.05) is 29.8 Å². The average molecular weight is 401 g/mol. The minimum atomic E-state index is -0.0339. The van der Waals surface area contributed by atoms with Crippen LogP contribution in [0, 0.1) is 0 Å². The van der Waals surface area contributed by atoms with Crippen LogP contribution in [-0.2, 0) is 4.79 Å². The summed E-state index contributed by atoms with van der Waals surface area (Å²) in [5, 5.41) is 5.39. The first kappa shape index (κ1) is 16.8. The van der Waals surface area contributed by atoms with E-state index in [0.717, 1.165) is 29.1 Å². The van der Waals surface area contributed by atoms with Gasteiger partial charge in [-0.3, -0.25) is 14.0 Å². The van der Waals surface area contributed by atoms with E-state index in [-0.39, 0.29) is 23.9 Å². The van der Waals surface area contributed by atoms with Crippen molar-refractivity contribution in [2.45, 2.75) is 31.3 Å². The summed E-state index contributed by atoms with van der Waals surface area (Å²) >= 11 is 7.73. The highest BCUT2D eigenvalue weighted by atomic mass is 35.5. The molecular weight excluding hydrogens is 384 g/mol.